The molecule has 8 heteroatoms. The molecule has 1 aliphatic rings. The van der Waals surface area contributed by atoms with Crippen LogP contribution in [0.3, 0.4) is 0 Å². The van der Waals surface area contributed by atoms with Crippen LogP contribution in [0.2, 0.25) is 5.02 Å². The van der Waals surface area contributed by atoms with Crippen molar-refractivity contribution in [1.29, 1.82) is 0 Å². The number of ether oxygens (including phenoxy) is 1. The summed E-state index contributed by atoms with van der Waals surface area (Å²) in [6.07, 6.45) is 2.44. The molecule has 4 rings (SSSR count). The van der Waals surface area contributed by atoms with Gasteiger partial charge in [-0.05, 0) is 29.7 Å². The third-order valence-corrected chi connectivity index (χ3v) is 5.92. The largest absolute Gasteiger partial charge is 0.481 e. The van der Waals surface area contributed by atoms with E-state index in [1.54, 1.807) is 43.2 Å². The Morgan fingerprint density at radius 1 is 1.27 bits per heavy atom. The van der Waals surface area contributed by atoms with E-state index < -0.39 is 24.1 Å². The third-order valence-electron chi connectivity index (χ3n) is 5.67. The molecule has 0 saturated heterocycles. The molecule has 1 aliphatic heterocycles. The molecule has 1 N–H and O–H groups in total. The Labute approximate surface area is 178 Å². The highest BCUT2D eigenvalue weighted by Crippen LogP contribution is 2.46. The number of hydrogen-bond donors (Lipinski definition) is 1. The van der Waals surface area contributed by atoms with Gasteiger partial charge in [0.05, 0.1) is 23.9 Å². The Morgan fingerprint density at radius 3 is 2.60 bits per heavy atom. The smallest absolute Gasteiger partial charge is 0.309 e. The Morgan fingerprint density at radius 2 is 1.97 bits per heavy atom. The molecule has 0 amide bonds. The molecule has 3 aromatic rings. The summed E-state index contributed by atoms with van der Waals surface area (Å²) < 4.78 is 9.72. The highest BCUT2D eigenvalue weighted by molar-refractivity contribution is 6.30. The minimum atomic E-state index is -0.965. The number of aliphatic carboxylic acids is 1. The molecule has 0 fully saturated rings. The highest BCUT2D eigenvalue weighted by Gasteiger charge is 2.39. The molecule has 0 bridgehead atoms. The van der Waals surface area contributed by atoms with E-state index in [1.165, 1.54) is 10.6 Å². The van der Waals surface area contributed by atoms with Crippen molar-refractivity contribution in [2.24, 2.45) is 20.0 Å². The molecule has 2 aromatic heterocycles. The van der Waals surface area contributed by atoms with Gasteiger partial charge in [0, 0.05) is 42.5 Å². The quantitative estimate of drug-likeness (QED) is 0.685. The fourth-order valence-corrected chi connectivity index (χ4v) is 4.18. The van der Waals surface area contributed by atoms with Crippen LogP contribution in [0, 0.1) is 5.92 Å². The molecule has 3 heterocycles. The molecule has 1 aromatic carbocycles. The number of rotatable bonds is 4. The van der Waals surface area contributed by atoms with Crippen molar-refractivity contribution in [1.82, 2.24) is 14.3 Å². The van der Waals surface area contributed by atoms with Crippen LogP contribution in [0.25, 0.3) is 11.1 Å². The van der Waals surface area contributed by atoms with Crippen molar-refractivity contribution < 1.29 is 14.6 Å². The maximum atomic E-state index is 12.5. The van der Waals surface area contributed by atoms with Crippen LogP contribution in [0.15, 0.2) is 47.5 Å². The molecule has 0 saturated carbocycles. The second-order valence-electron chi connectivity index (χ2n) is 7.50. The van der Waals surface area contributed by atoms with E-state index in [2.05, 4.69) is 5.10 Å². The number of benzene rings is 1. The fourth-order valence-electron chi connectivity index (χ4n) is 4.06. The minimum absolute atomic E-state index is 0.224. The number of nitrogens with zero attached hydrogens (tertiary/aromatic N) is 3. The number of carboxylic acid groups (broad SMARTS) is 1. The maximum Gasteiger partial charge on any atom is 0.309 e. The second-order valence-corrected chi connectivity index (χ2v) is 7.94. The fraction of sp³-hybridized carbons (Fsp3) is 0.318. The highest BCUT2D eigenvalue weighted by atomic mass is 35.5. The van der Waals surface area contributed by atoms with Gasteiger partial charge in [0.15, 0.2) is 0 Å². The molecule has 0 spiro atoms. The number of aryl methyl sites for hydroxylation is 2. The number of aromatic nitrogens is 3. The van der Waals surface area contributed by atoms with E-state index in [1.807, 2.05) is 19.2 Å². The van der Waals surface area contributed by atoms with Gasteiger partial charge in [0.1, 0.15) is 6.10 Å². The lowest BCUT2D eigenvalue weighted by atomic mass is 9.90. The van der Waals surface area contributed by atoms with Gasteiger partial charge in [-0.3, -0.25) is 14.3 Å². The number of halogens is 1. The summed E-state index contributed by atoms with van der Waals surface area (Å²) in [6.45, 7) is 1.81. The number of fused-ring (bicyclic) bond motifs is 3. The van der Waals surface area contributed by atoms with Crippen molar-refractivity contribution >= 4 is 17.6 Å². The van der Waals surface area contributed by atoms with Gasteiger partial charge in [-0.25, -0.2) is 0 Å². The lowest BCUT2D eigenvalue weighted by molar-refractivity contribution is -0.149. The average Bonchev–Trinajstić information content (AvgIpc) is 3.02. The van der Waals surface area contributed by atoms with Crippen molar-refractivity contribution in [3.05, 3.63) is 74.9 Å². The first-order valence-electron chi connectivity index (χ1n) is 9.68. The van der Waals surface area contributed by atoms with Gasteiger partial charge in [0.2, 0.25) is 0 Å². The SMILES string of the molecule is CCC(C(=O)O)C1OC(c2ccc(Cl)cc2)c2c(cnn2C)-c2cn(C)c(=O)cc21. The summed E-state index contributed by atoms with van der Waals surface area (Å²) in [4.78, 5) is 24.5. The van der Waals surface area contributed by atoms with E-state index in [4.69, 9.17) is 16.3 Å². The van der Waals surface area contributed by atoms with Gasteiger partial charge in [-0.2, -0.15) is 5.10 Å². The number of carboxylic acids is 1. The van der Waals surface area contributed by atoms with Crippen LogP contribution >= 0.6 is 11.6 Å². The first-order valence-corrected chi connectivity index (χ1v) is 10.1. The lowest BCUT2D eigenvalue weighted by Crippen LogP contribution is -2.27. The summed E-state index contributed by atoms with van der Waals surface area (Å²) in [7, 11) is 3.49. The average molecular weight is 428 g/mol. The standard InChI is InChI=1S/C22H22ClN3O4/c1-4-14(22(28)29)21-15-9-18(27)25(2)11-17(15)16-10-24-26(3)19(16)20(30-21)12-5-7-13(23)8-6-12/h5-11,14,20-21H,4H2,1-3H3,(H,28,29). The topological polar surface area (TPSA) is 86.3 Å². The lowest BCUT2D eigenvalue weighted by Gasteiger charge is -2.28. The van der Waals surface area contributed by atoms with Crippen LogP contribution in [0.1, 0.15) is 42.4 Å². The predicted octanol–water partition coefficient (Wildman–Crippen LogP) is 3.71. The van der Waals surface area contributed by atoms with Crippen molar-refractivity contribution in [2.45, 2.75) is 25.6 Å². The van der Waals surface area contributed by atoms with Gasteiger partial charge in [-0.1, -0.05) is 30.7 Å². The molecule has 0 aliphatic carbocycles. The zero-order valence-electron chi connectivity index (χ0n) is 16.9. The van der Waals surface area contributed by atoms with Crippen LogP contribution in [-0.2, 0) is 23.6 Å². The summed E-state index contributed by atoms with van der Waals surface area (Å²) in [6, 6.07) is 8.74. The Hall–Kier alpha value is -2.90. The summed E-state index contributed by atoms with van der Waals surface area (Å²) >= 11 is 6.07. The Bertz CT molecular complexity index is 1170. The van der Waals surface area contributed by atoms with E-state index in [9.17, 15) is 14.7 Å². The summed E-state index contributed by atoms with van der Waals surface area (Å²) in [5.41, 5.74) is 3.53. The van der Waals surface area contributed by atoms with Gasteiger partial charge < -0.3 is 14.4 Å². The normalized spacial score (nSPS) is 18.9. The molecule has 3 unspecified atom stereocenters. The van der Waals surface area contributed by atoms with E-state index in [-0.39, 0.29) is 5.56 Å². The Kier molecular flexibility index (Phi) is 5.26. The molecular formula is C22H22ClN3O4. The van der Waals surface area contributed by atoms with Gasteiger partial charge in [0.25, 0.3) is 5.56 Å². The maximum absolute atomic E-state index is 12.5. The zero-order valence-corrected chi connectivity index (χ0v) is 17.6. The zero-order chi connectivity index (χ0) is 21.6. The van der Waals surface area contributed by atoms with Crippen LogP contribution in [0.4, 0.5) is 0 Å². The minimum Gasteiger partial charge on any atom is -0.481 e. The van der Waals surface area contributed by atoms with E-state index in [0.717, 1.165) is 22.4 Å². The predicted molar refractivity (Wildman–Crippen MR) is 112 cm³/mol. The number of carbonyl (C=O) groups is 1. The van der Waals surface area contributed by atoms with Crippen molar-refractivity contribution in [2.75, 3.05) is 0 Å². The number of hydrogen-bond acceptors (Lipinski definition) is 4. The molecule has 0 radical (unpaired) electrons. The van der Waals surface area contributed by atoms with Crippen LogP contribution < -0.4 is 5.56 Å². The molecular weight excluding hydrogens is 406 g/mol. The van der Waals surface area contributed by atoms with E-state index in [0.29, 0.717) is 17.0 Å². The van der Waals surface area contributed by atoms with Gasteiger partial charge >= 0.3 is 5.97 Å². The third kappa shape index (κ3) is 3.34. The van der Waals surface area contributed by atoms with Crippen molar-refractivity contribution in [3.8, 4) is 11.1 Å². The number of pyridine rings is 1. The first kappa shape index (κ1) is 20.4. The molecule has 156 valence electrons. The Balaban J connectivity index is 2.01. The summed E-state index contributed by atoms with van der Waals surface area (Å²) in [5, 5.41) is 14.9. The van der Waals surface area contributed by atoms with Crippen molar-refractivity contribution in [3.63, 3.8) is 0 Å². The van der Waals surface area contributed by atoms with E-state index >= 15 is 0 Å². The van der Waals surface area contributed by atoms with Gasteiger partial charge in [-0.15, -0.1) is 0 Å². The summed E-state index contributed by atoms with van der Waals surface area (Å²) in [5.74, 6) is -1.78. The molecule has 30 heavy (non-hydrogen) atoms. The monoisotopic (exact) mass is 427 g/mol. The second kappa shape index (κ2) is 7.74. The van der Waals surface area contributed by atoms with Crippen LogP contribution in [-0.4, -0.2) is 25.4 Å². The molecule has 7 nitrogen and oxygen atoms in total. The first-order chi connectivity index (χ1) is 14.3. The van der Waals surface area contributed by atoms with Crippen LogP contribution in [0.5, 0.6) is 0 Å². The molecule has 3 atom stereocenters.